The molecule has 1 aromatic carbocycles. The number of benzene rings is 1. The summed E-state index contributed by atoms with van der Waals surface area (Å²) in [4.78, 5) is 44.7. The first-order chi connectivity index (χ1) is 11.4. The van der Waals surface area contributed by atoms with Crippen molar-refractivity contribution in [1.29, 1.82) is 0 Å². The zero-order valence-corrected chi connectivity index (χ0v) is 14.5. The van der Waals surface area contributed by atoms with Gasteiger partial charge in [0, 0.05) is 13.6 Å². The maximum Gasteiger partial charge on any atom is 0.328 e. The SMILES string of the molecule is CN1C(=O)N(CC(N)=O)C(=O)C2C1N=C(Br)N2Cc1ccccc1. The van der Waals surface area contributed by atoms with Crippen LogP contribution < -0.4 is 5.73 Å². The van der Waals surface area contributed by atoms with Crippen LogP contribution in [0.15, 0.2) is 35.3 Å². The van der Waals surface area contributed by atoms with E-state index in [-0.39, 0.29) is 0 Å². The molecule has 3 rings (SSSR count). The molecule has 0 aliphatic carbocycles. The molecule has 4 amide bonds. The Balaban J connectivity index is 1.90. The van der Waals surface area contributed by atoms with E-state index in [1.165, 1.54) is 4.90 Å². The van der Waals surface area contributed by atoms with Crippen LogP contribution >= 0.6 is 15.9 Å². The van der Waals surface area contributed by atoms with Crippen molar-refractivity contribution < 1.29 is 14.4 Å². The van der Waals surface area contributed by atoms with Crippen molar-refractivity contribution in [3.8, 4) is 0 Å². The zero-order chi connectivity index (χ0) is 17.4. The molecule has 1 fully saturated rings. The number of nitrogens with zero attached hydrogens (tertiary/aromatic N) is 4. The van der Waals surface area contributed by atoms with E-state index in [4.69, 9.17) is 5.73 Å². The van der Waals surface area contributed by atoms with Gasteiger partial charge in [0.25, 0.3) is 5.91 Å². The van der Waals surface area contributed by atoms with E-state index >= 15 is 0 Å². The number of hydrogen-bond donors (Lipinski definition) is 1. The van der Waals surface area contributed by atoms with Crippen LogP contribution in [0.1, 0.15) is 5.56 Å². The Hall–Kier alpha value is -2.42. The second-order valence-electron chi connectivity index (χ2n) is 5.65. The van der Waals surface area contributed by atoms with E-state index in [9.17, 15) is 14.4 Å². The highest BCUT2D eigenvalue weighted by atomic mass is 79.9. The molecule has 2 aliphatic heterocycles. The highest BCUT2D eigenvalue weighted by Gasteiger charge is 2.51. The van der Waals surface area contributed by atoms with Crippen LogP contribution in [-0.4, -0.2) is 63.1 Å². The maximum absolute atomic E-state index is 12.8. The summed E-state index contributed by atoms with van der Waals surface area (Å²) in [5, 5.41) is 0. The van der Waals surface area contributed by atoms with Crippen molar-refractivity contribution in [3.05, 3.63) is 35.9 Å². The van der Waals surface area contributed by atoms with E-state index in [1.54, 1.807) is 11.9 Å². The molecule has 0 spiro atoms. The van der Waals surface area contributed by atoms with Crippen molar-refractivity contribution in [3.63, 3.8) is 0 Å². The summed E-state index contributed by atoms with van der Waals surface area (Å²) in [6.07, 6.45) is -0.632. The van der Waals surface area contributed by atoms with E-state index in [0.717, 1.165) is 10.5 Å². The summed E-state index contributed by atoms with van der Waals surface area (Å²) >= 11 is 3.37. The standard InChI is InChI=1S/C15H16BrN5O3/c1-19-12-11(13(23)21(15(19)24)8-10(17)22)20(14(16)18-12)7-9-5-3-2-4-6-9/h2-6,11-12H,7-8H2,1H3,(H2,17,22). The molecular formula is C15H16BrN5O3. The zero-order valence-electron chi connectivity index (χ0n) is 12.9. The number of aliphatic imine (C=N–C) groups is 1. The molecule has 24 heavy (non-hydrogen) atoms. The fourth-order valence-corrected chi connectivity index (χ4v) is 3.45. The Labute approximate surface area is 147 Å². The summed E-state index contributed by atoms with van der Waals surface area (Å²) in [6, 6.07) is 8.34. The Morgan fingerprint density at radius 1 is 1.29 bits per heavy atom. The fraction of sp³-hybridized carbons (Fsp3) is 0.333. The Kier molecular flexibility index (Phi) is 4.27. The van der Waals surface area contributed by atoms with Crippen LogP contribution in [0, 0.1) is 0 Å². The summed E-state index contributed by atoms with van der Waals surface area (Å²) in [5.41, 5.74) is 6.16. The first-order valence-electron chi connectivity index (χ1n) is 7.30. The van der Waals surface area contributed by atoms with Crippen molar-refractivity contribution in [2.45, 2.75) is 18.8 Å². The number of imide groups is 1. The molecule has 0 bridgehead atoms. The van der Waals surface area contributed by atoms with Gasteiger partial charge in [-0.05, 0) is 21.5 Å². The van der Waals surface area contributed by atoms with Crippen molar-refractivity contribution in [2.24, 2.45) is 10.7 Å². The fourth-order valence-electron chi connectivity index (χ4n) is 2.89. The van der Waals surface area contributed by atoms with Gasteiger partial charge in [0.1, 0.15) is 6.54 Å². The predicted molar refractivity (Wildman–Crippen MR) is 90.0 cm³/mol. The number of likely N-dealkylation sites (N-methyl/N-ethyl adjacent to an activating group) is 1. The van der Waals surface area contributed by atoms with Crippen molar-refractivity contribution in [2.75, 3.05) is 13.6 Å². The number of fused-ring (bicyclic) bond motifs is 1. The predicted octanol–water partition coefficient (Wildman–Crippen LogP) is 0.327. The number of urea groups is 1. The number of amides is 4. The molecule has 2 unspecified atom stereocenters. The van der Waals surface area contributed by atoms with Gasteiger partial charge in [0.05, 0.1) is 0 Å². The minimum atomic E-state index is -0.740. The molecule has 1 saturated heterocycles. The lowest BCUT2D eigenvalue weighted by Gasteiger charge is -2.40. The first-order valence-corrected chi connectivity index (χ1v) is 8.10. The van der Waals surface area contributed by atoms with E-state index < -0.39 is 36.6 Å². The minimum Gasteiger partial charge on any atom is -0.368 e. The third kappa shape index (κ3) is 2.75. The number of primary amides is 1. The van der Waals surface area contributed by atoms with Crippen molar-refractivity contribution in [1.82, 2.24) is 14.7 Å². The molecule has 2 atom stereocenters. The lowest BCUT2D eigenvalue weighted by molar-refractivity contribution is -0.140. The smallest absolute Gasteiger partial charge is 0.328 e. The third-order valence-electron chi connectivity index (χ3n) is 4.05. The molecule has 126 valence electrons. The quantitative estimate of drug-likeness (QED) is 0.744. The van der Waals surface area contributed by atoms with Gasteiger partial charge in [-0.3, -0.25) is 14.5 Å². The van der Waals surface area contributed by atoms with Gasteiger partial charge in [-0.2, -0.15) is 0 Å². The molecule has 2 aliphatic rings. The normalized spacial score (nSPS) is 23.4. The maximum atomic E-state index is 12.8. The highest BCUT2D eigenvalue weighted by Crippen LogP contribution is 2.30. The largest absolute Gasteiger partial charge is 0.368 e. The van der Waals surface area contributed by atoms with Crippen LogP contribution in [-0.2, 0) is 16.1 Å². The van der Waals surface area contributed by atoms with Crippen LogP contribution in [0.25, 0.3) is 0 Å². The molecule has 0 saturated carbocycles. The topological polar surface area (TPSA) is 99.3 Å². The van der Waals surface area contributed by atoms with Gasteiger partial charge in [-0.25, -0.2) is 9.79 Å². The molecule has 9 heteroatoms. The lowest BCUT2D eigenvalue weighted by Crippen LogP contribution is -2.65. The number of rotatable bonds is 4. The van der Waals surface area contributed by atoms with Crippen molar-refractivity contribution >= 4 is 38.5 Å². The summed E-state index contributed by atoms with van der Waals surface area (Å²) in [6.45, 7) is 0.00624. The van der Waals surface area contributed by atoms with Gasteiger partial charge >= 0.3 is 6.03 Å². The van der Waals surface area contributed by atoms with Crippen LogP contribution in [0.3, 0.4) is 0 Å². The second-order valence-corrected chi connectivity index (χ2v) is 6.36. The summed E-state index contributed by atoms with van der Waals surface area (Å²) in [7, 11) is 1.55. The molecule has 2 N–H and O–H groups in total. The van der Waals surface area contributed by atoms with Gasteiger partial charge < -0.3 is 15.5 Å². The minimum absolute atomic E-state index is 0.442. The Bertz CT molecular complexity index is 723. The van der Waals surface area contributed by atoms with Gasteiger partial charge in [0.2, 0.25) is 5.91 Å². The first kappa shape index (κ1) is 16.4. The molecule has 0 radical (unpaired) electrons. The van der Waals surface area contributed by atoms with Crippen LogP contribution in [0.5, 0.6) is 0 Å². The lowest BCUT2D eigenvalue weighted by atomic mass is 10.1. The molecule has 8 nitrogen and oxygen atoms in total. The van der Waals surface area contributed by atoms with E-state index in [2.05, 4.69) is 20.9 Å². The number of nitrogens with two attached hydrogens (primary N) is 1. The highest BCUT2D eigenvalue weighted by molar-refractivity contribution is 9.18. The third-order valence-corrected chi connectivity index (χ3v) is 4.71. The van der Waals surface area contributed by atoms with Crippen LogP contribution in [0.2, 0.25) is 0 Å². The monoisotopic (exact) mass is 393 g/mol. The molecular weight excluding hydrogens is 378 g/mol. The van der Waals surface area contributed by atoms with E-state index in [0.29, 0.717) is 11.3 Å². The van der Waals surface area contributed by atoms with Gasteiger partial charge in [0.15, 0.2) is 17.0 Å². The number of halogens is 1. The second kappa shape index (κ2) is 6.23. The van der Waals surface area contributed by atoms with Gasteiger partial charge in [-0.15, -0.1) is 0 Å². The number of carbonyl (C=O) groups is 3. The average Bonchev–Trinajstić information content (AvgIpc) is 2.87. The molecule has 1 aromatic rings. The van der Waals surface area contributed by atoms with E-state index in [1.807, 2.05) is 30.3 Å². The average molecular weight is 394 g/mol. The Morgan fingerprint density at radius 2 is 1.96 bits per heavy atom. The molecule has 2 heterocycles. The summed E-state index contributed by atoms with van der Waals surface area (Å²) in [5.74, 6) is -1.22. The Morgan fingerprint density at radius 3 is 2.58 bits per heavy atom. The van der Waals surface area contributed by atoms with Crippen LogP contribution in [0.4, 0.5) is 4.79 Å². The number of amidine groups is 1. The van der Waals surface area contributed by atoms with Gasteiger partial charge in [-0.1, -0.05) is 30.3 Å². The summed E-state index contributed by atoms with van der Waals surface area (Å²) < 4.78 is 0.496. The number of hydrogen-bond acceptors (Lipinski definition) is 5. The molecule has 0 aromatic heterocycles. The number of carbonyl (C=O) groups excluding carboxylic acids is 3.